The van der Waals surface area contributed by atoms with Crippen molar-refractivity contribution in [3.8, 4) is 5.75 Å². The molecular formula is C16H16N2O3S. The molecule has 0 saturated carbocycles. The van der Waals surface area contributed by atoms with Crippen molar-refractivity contribution in [2.45, 2.75) is 13.3 Å². The molecule has 3 rings (SSSR count). The summed E-state index contributed by atoms with van der Waals surface area (Å²) in [5, 5.41) is 4.71. The molecule has 0 saturated heterocycles. The first-order valence-electron chi connectivity index (χ1n) is 7.11. The van der Waals surface area contributed by atoms with Crippen molar-refractivity contribution in [3.05, 3.63) is 40.6 Å². The van der Waals surface area contributed by atoms with Gasteiger partial charge in [0.1, 0.15) is 5.75 Å². The standard InChI is InChI=1S/C16H16N2O3S/c1-2-7-18-12-9-11(5-6-13(12)21-10-15(18)19)17-16(20)14-4-3-8-22-14/h3-6,8-9H,2,7,10H2,1H3,(H,17,20). The van der Waals surface area contributed by atoms with Crippen LogP contribution in [0.15, 0.2) is 35.7 Å². The fourth-order valence-corrected chi connectivity index (χ4v) is 2.97. The summed E-state index contributed by atoms with van der Waals surface area (Å²) in [5.41, 5.74) is 1.36. The summed E-state index contributed by atoms with van der Waals surface area (Å²) in [6.07, 6.45) is 0.858. The van der Waals surface area contributed by atoms with E-state index in [1.165, 1.54) is 11.3 Å². The Morgan fingerprint density at radius 1 is 1.41 bits per heavy atom. The SMILES string of the molecule is CCCN1C(=O)COc2ccc(NC(=O)c3cccs3)cc21. The number of thiophene rings is 1. The summed E-state index contributed by atoms with van der Waals surface area (Å²) in [7, 11) is 0. The lowest BCUT2D eigenvalue weighted by Gasteiger charge is -2.29. The summed E-state index contributed by atoms with van der Waals surface area (Å²) in [5.74, 6) is 0.457. The number of hydrogen-bond acceptors (Lipinski definition) is 4. The van der Waals surface area contributed by atoms with Crippen molar-refractivity contribution < 1.29 is 14.3 Å². The number of amides is 2. The van der Waals surface area contributed by atoms with Crippen molar-refractivity contribution in [2.24, 2.45) is 0 Å². The molecule has 1 aromatic carbocycles. The average Bonchev–Trinajstić information content (AvgIpc) is 3.05. The van der Waals surface area contributed by atoms with E-state index in [4.69, 9.17) is 4.74 Å². The topological polar surface area (TPSA) is 58.6 Å². The predicted molar refractivity (Wildman–Crippen MR) is 86.9 cm³/mol. The average molecular weight is 316 g/mol. The van der Waals surface area contributed by atoms with Crippen LogP contribution in [0.4, 0.5) is 11.4 Å². The molecule has 5 nitrogen and oxygen atoms in total. The third-order valence-corrected chi connectivity index (χ3v) is 4.22. The Balaban J connectivity index is 1.86. The maximum absolute atomic E-state index is 12.1. The van der Waals surface area contributed by atoms with Crippen LogP contribution >= 0.6 is 11.3 Å². The quantitative estimate of drug-likeness (QED) is 0.942. The van der Waals surface area contributed by atoms with Crippen molar-refractivity contribution in [1.82, 2.24) is 0 Å². The van der Waals surface area contributed by atoms with Gasteiger partial charge in [-0.25, -0.2) is 0 Å². The molecule has 1 aliphatic heterocycles. The Kier molecular flexibility index (Phi) is 4.11. The van der Waals surface area contributed by atoms with E-state index in [2.05, 4.69) is 5.32 Å². The van der Waals surface area contributed by atoms with Crippen molar-refractivity contribution >= 4 is 34.5 Å². The van der Waals surface area contributed by atoms with Gasteiger partial charge in [0.05, 0.1) is 10.6 Å². The third-order valence-electron chi connectivity index (χ3n) is 3.35. The third kappa shape index (κ3) is 2.82. The van der Waals surface area contributed by atoms with Gasteiger partial charge in [0.25, 0.3) is 11.8 Å². The number of nitrogens with one attached hydrogen (secondary N) is 1. The van der Waals surface area contributed by atoms with E-state index in [1.807, 2.05) is 18.4 Å². The van der Waals surface area contributed by atoms with Crippen molar-refractivity contribution in [1.29, 1.82) is 0 Å². The van der Waals surface area contributed by atoms with E-state index in [-0.39, 0.29) is 18.4 Å². The first-order chi connectivity index (χ1) is 10.7. The van der Waals surface area contributed by atoms with Crippen LogP contribution in [0.3, 0.4) is 0 Å². The highest BCUT2D eigenvalue weighted by Gasteiger charge is 2.25. The summed E-state index contributed by atoms with van der Waals surface area (Å²) >= 11 is 1.39. The van der Waals surface area contributed by atoms with Crippen molar-refractivity contribution in [3.63, 3.8) is 0 Å². The minimum Gasteiger partial charge on any atom is -0.482 e. The van der Waals surface area contributed by atoms with Crippen LogP contribution in [0.2, 0.25) is 0 Å². The fraction of sp³-hybridized carbons (Fsp3) is 0.250. The molecule has 0 fully saturated rings. The second-order valence-corrected chi connectivity index (χ2v) is 5.90. The molecule has 0 atom stereocenters. The number of ether oxygens (including phenoxy) is 1. The van der Waals surface area contributed by atoms with E-state index < -0.39 is 0 Å². The lowest BCUT2D eigenvalue weighted by atomic mass is 10.2. The van der Waals surface area contributed by atoms with Crippen molar-refractivity contribution in [2.75, 3.05) is 23.4 Å². The van der Waals surface area contributed by atoms with Gasteiger partial charge in [0, 0.05) is 12.2 Å². The molecule has 0 aliphatic carbocycles. The van der Waals surface area contributed by atoms with E-state index in [0.717, 1.165) is 6.42 Å². The number of anilines is 2. The zero-order valence-electron chi connectivity index (χ0n) is 12.2. The molecule has 0 spiro atoms. The molecule has 0 radical (unpaired) electrons. The molecule has 1 aromatic heterocycles. The number of rotatable bonds is 4. The minimum absolute atomic E-state index is 0.0592. The number of carbonyl (C=O) groups is 2. The van der Waals surface area contributed by atoms with Gasteiger partial charge in [-0.05, 0) is 36.1 Å². The first kappa shape index (κ1) is 14.6. The van der Waals surface area contributed by atoms with Gasteiger partial charge in [0.2, 0.25) is 0 Å². The predicted octanol–water partition coefficient (Wildman–Crippen LogP) is 3.14. The highest BCUT2D eigenvalue weighted by Crippen LogP contribution is 2.34. The summed E-state index contributed by atoms with van der Waals surface area (Å²) in [6, 6.07) is 8.96. The summed E-state index contributed by atoms with van der Waals surface area (Å²) in [6.45, 7) is 2.72. The monoisotopic (exact) mass is 316 g/mol. The summed E-state index contributed by atoms with van der Waals surface area (Å²) in [4.78, 5) is 26.4. The second-order valence-electron chi connectivity index (χ2n) is 4.95. The van der Waals surface area contributed by atoms with Gasteiger partial charge in [-0.3, -0.25) is 9.59 Å². The van der Waals surface area contributed by atoms with Crippen LogP contribution in [-0.2, 0) is 4.79 Å². The Bertz CT molecular complexity index is 697. The highest BCUT2D eigenvalue weighted by atomic mass is 32.1. The van der Waals surface area contributed by atoms with Crippen LogP contribution in [-0.4, -0.2) is 25.0 Å². The van der Waals surface area contributed by atoms with E-state index >= 15 is 0 Å². The second kappa shape index (κ2) is 6.19. The lowest BCUT2D eigenvalue weighted by molar-refractivity contribution is -0.121. The minimum atomic E-state index is -0.153. The van der Waals surface area contributed by atoms with Gasteiger partial charge in [-0.1, -0.05) is 13.0 Å². The van der Waals surface area contributed by atoms with Crippen LogP contribution in [0.5, 0.6) is 5.75 Å². The van der Waals surface area contributed by atoms with E-state index in [9.17, 15) is 9.59 Å². The zero-order chi connectivity index (χ0) is 15.5. The van der Waals surface area contributed by atoms with Gasteiger partial charge >= 0.3 is 0 Å². The number of carbonyl (C=O) groups excluding carboxylic acids is 2. The number of hydrogen-bond donors (Lipinski definition) is 1. The normalized spacial score (nSPS) is 13.5. The Morgan fingerprint density at radius 2 is 2.27 bits per heavy atom. The number of benzene rings is 1. The smallest absolute Gasteiger partial charge is 0.265 e. The molecule has 0 unspecified atom stereocenters. The Hall–Kier alpha value is -2.34. The van der Waals surface area contributed by atoms with Crippen LogP contribution in [0.25, 0.3) is 0 Å². The molecule has 22 heavy (non-hydrogen) atoms. The maximum Gasteiger partial charge on any atom is 0.265 e. The van der Waals surface area contributed by atoms with Crippen LogP contribution in [0.1, 0.15) is 23.0 Å². The van der Waals surface area contributed by atoms with E-state index in [0.29, 0.717) is 28.5 Å². The molecule has 2 amide bonds. The molecule has 114 valence electrons. The zero-order valence-corrected chi connectivity index (χ0v) is 13.0. The van der Waals surface area contributed by atoms with Gasteiger partial charge in [-0.15, -0.1) is 11.3 Å². The molecule has 1 N–H and O–H groups in total. The molecule has 6 heteroatoms. The number of nitrogens with zero attached hydrogens (tertiary/aromatic N) is 1. The Labute approximate surface area is 132 Å². The lowest BCUT2D eigenvalue weighted by Crippen LogP contribution is -2.39. The highest BCUT2D eigenvalue weighted by molar-refractivity contribution is 7.12. The van der Waals surface area contributed by atoms with Gasteiger partial charge in [-0.2, -0.15) is 0 Å². The fourth-order valence-electron chi connectivity index (χ4n) is 2.35. The molecule has 2 aromatic rings. The van der Waals surface area contributed by atoms with Gasteiger partial charge < -0.3 is 15.0 Å². The van der Waals surface area contributed by atoms with E-state index in [1.54, 1.807) is 29.2 Å². The summed E-state index contributed by atoms with van der Waals surface area (Å²) < 4.78 is 5.44. The van der Waals surface area contributed by atoms with Crippen LogP contribution < -0.4 is 15.0 Å². The number of fused-ring (bicyclic) bond motifs is 1. The molecule has 0 bridgehead atoms. The largest absolute Gasteiger partial charge is 0.482 e. The molecule has 2 heterocycles. The molecule has 1 aliphatic rings. The first-order valence-corrected chi connectivity index (χ1v) is 7.99. The van der Waals surface area contributed by atoms with Gasteiger partial charge in [0.15, 0.2) is 6.61 Å². The Morgan fingerprint density at radius 3 is 3.00 bits per heavy atom. The molecular weight excluding hydrogens is 300 g/mol. The maximum atomic E-state index is 12.1. The van der Waals surface area contributed by atoms with Crippen LogP contribution in [0, 0.1) is 0 Å².